The number of esters is 1. The standard InChI is InChI=1S/C21H24N4O6/c1-24-20(28)25(19(27)21(24)10-4-3-5-11-21)12-17(26)30-13-16-22-18(31-23-16)14-6-8-15(29-2)9-7-14/h6-9H,3-5,10-13H2,1-2H3. The smallest absolute Gasteiger partial charge is 0.327 e. The molecule has 1 aliphatic heterocycles. The zero-order valence-electron chi connectivity index (χ0n) is 17.5. The van der Waals surface area contributed by atoms with Gasteiger partial charge in [0, 0.05) is 12.6 Å². The highest BCUT2D eigenvalue weighted by Gasteiger charge is 2.55. The Hall–Kier alpha value is -3.43. The number of rotatable bonds is 6. The van der Waals surface area contributed by atoms with E-state index in [9.17, 15) is 14.4 Å². The summed E-state index contributed by atoms with van der Waals surface area (Å²) >= 11 is 0. The first-order valence-corrected chi connectivity index (χ1v) is 10.2. The summed E-state index contributed by atoms with van der Waals surface area (Å²) in [6, 6.07) is 6.60. The number of carbonyl (C=O) groups excluding carboxylic acids is 3. The van der Waals surface area contributed by atoms with Gasteiger partial charge in [0.25, 0.3) is 11.8 Å². The minimum atomic E-state index is -0.823. The number of carbonyl (C=O) groups is 3. The number of ether oxygens (including phenoxy) is 2. The molecule has 2 aromatic rings. The number of methoxy groups -OCH3 is 1. The molecule has 164 valence electrons. The van der Waals surface area contributed by atoms with E-state index in [1.807, 2.05) is 0 Å². The third-order valence-corrected chi connectivity index (χ3v) is 5.94. The number of urea groups is 1. The summed E-state index contributed by atoms with van der Waals surface area (Å²) in [6.45, 7) is -0.664. The molecule has 1 saturated heterocycles. The van der Waals surface area contributed by atoms with Gasteiger partial charge in [-0.15, -0.1) is 0 Å². The summed E-state index contributed by atoms with van der Waals surface area (Å²) < 4.78 is 15.5. The van der Waals surface area contributed by atoms with Crippen LogP contribution in [0.4, 0.5) is 4.79 Å². The van der Waals surface area contributed by atoms with Crippen molar-refractivity contribution in [2.45, 2.75) is 44.2 Å². The Balaban J connectivity index is 1.35. The molecule has 0 atom stereocenters. The molecule has 3 amide bonds. The Morgan fingerprint density at radius 1 is 1.16 bits per heavy atom. The van der Waals surface area contributed by atoms with Gasteiger partial charge in [0.05, 0.1) is 7.11 Å². The van der Waals surface area contributed by atoms with Crippen molar-refractivity contribution in [2.24, 2.45) is 0 Å². The van der Waals surface area contributed by atoms with Crippen molar-refractivity contribution in [2.75, 3.05) is 20.7 Å². The Bertz CT molecular complexity index is 980. The van der Waals surface area contributed by atoms with E-state index >= 15 is 0 Å². The topological polar surface area (TPSA) is 115 Å². The van der Waals surface area contributed by atoms with Crippen LogP contribution in [0.15, 0.2) is 28.8 Å². The number of imide groups is 1. The molecule has 0 radical (unpaired) electrons. The zero-order chi connectivity index (χ0) is 22.0. The van der Waals surface area contributed by atoms with Gasteiger partial charge in [-0.05, 0) is 37.1 Å². The second-order valence-electron chi connectivity index (χ2n) is 7.73. The van der Waals surface area contributed by atoms with Gasteiger partial charge in [-0.3, -0.25) is 14.5 Å². The van der Waals surface area contributed by atoms with Crippen LogP contribution in [0.25, 0.3) is 11.5 Å². The van der Waals surface area contributed by atoms with Gasteiger partial charge in [0.1, 0.15) is 17.8 Å². The van der Waals surface area contributed by atoms with Gasteiger partial charge >= 0.3 is 12.0 Å². The number of amides is 3. The predicted molar refractivity (Wildman–Crippen MR) is 107 cm³/mol. The van der Waals surface area contributed by atoms with Gasteiger partial charge in [-0.1, -0.05) is 24.4 Å². The Morgan fingerprint density at radius 3 is 2.55 bits per heavy atom. The first-order chi connectivity index (χ1) is 14.9. The highest BCUT2D eigenvalue weighted by Crippen LogP contribution is 2.39. The lowest BCUT2D eigenvalue weighted by atomic mass is 9.81. The van der Waals surface area contributed by atoms with Crippen LogP contribution >= 0.6 is 0 Å². The quantitative estimate of drug-likeness (QED) is 0.509. The van der Waals surface area contributed by atoms with Crippen molar-refractivity contribution in [1.29, 1.82) is 0 Å². The molecule has 1 spiro atoms. The lowest BCUT2D eigenvalue weighted by Crippen LogP contribution is -2.49. The highest BCUT2D eigenvalue weighted by atomic mass is 16.5. The van der Waals surface area contributed by atoms with Crippen molar-refractivity contribution in [1.82, 2.24) is 19.9 Å². The second kappa shape index (κ2) is 8.37. The highest BCUT2D eigenvalue weighted by molar-refractivity contribution is 6.08. The summed E-state index contributed by atoms with van der Waals surface area (Å²) in [4.78, 5) is 44.5. The molecule has 10 heteroatoms. The van der Waals surface area contributed by atoms with Gasteiger partial charge in [-0.2, -0.15) is 4.98 Å². The van der Waals surface area contributed by atoms with Crippen LogP contribution in [0.3, 0.4) is 0 Å². The van der Waals surface area contributed by atoms with Crippen LogP contribution in [0, 0.1) is 0 Å². The van der Waals surface area contributed by atoms with Crippen molar-refractivity contribution < 1.29 is 28.4 Å². The van der Waals surface area contributed by atoms with Crippen molar-refractivity contribution >= 4 is 17.9 Å². The molecule has 2 heterocycles. The van der Waals surface area contributed by atoms with E-state index in [1.54, 1.807) is 38.4 Å². The third kappa shape index (κ3) is 3.85. The SMILES string of the molecule is COc1ccc(-c2nc(COC(=O)CN3C(=O)N(C)C4(CCCCC4)C3=O)no2)cc1. The first-order valence-electron chi connectivity index (χ1n) is 10.2. The second-order valence-corrected chi connectivity index (χ2v) is 7.73. The fourth-order valence-corrected chi connectivity index (χ4v) is 4.15. The molecule has 1 saturated carbocycles. The maximum Gasteiger partial charge on any atom is 0.327 e. The number of aromatic nitrogens is 2. The summed E-state index contributed by atoms with van der Waals surface area (Å²) in [7, 11) is 3.20. The number of benzene rings is 1. The van der Waals surface area contributed by atoms with Crippen molar-refractivity contribution in [3.63, 3.8) is 0 Å². The Labute approximate surface area is 179 Å². The fourth-order valence-electron chi connectivity index (χ4n) is 4.15. The van der Waals surface area contributed by atoms with E-state index in [1.165, 1.54) is 4.90 Å². The molecular weight excluding hydrogens is 404 g/mol. The first kappa shape index (κ1) is 20.8. The number of hydrogen-bond donors (Lipinski definition) is 0. The number of hydrogen-bond acceptors (Lipinski definition) is 8. The minimum absolute atomic E-state index is 0.180. The summed E-state index contributed by atoms with van der Waals surface area (Å²) in [5.74, 6) is 0.124. The van der Waals surface area contributed by atoms with Gasteiger partial charge in [0.2, 0.25) is 5.82 Å². The molecule has 2 aliphatic rings. The number of likely N-dealkylation sites (N-methyl/N-ethyl adjacent to an activating group) is 1. The molecule has 31 heavy (non-hydrogen) atoms. The van der Waals surface area contributed by atoms with Gasteiger partial charge < -0.3 is 18.9 Å². The van der Waals surface area contributed by atoms with Crippen molar-refractivity contribution in [3.8, 4) is 17.2 Å². The largest absolute Gasteiger partial charge is 0.497 e. The molecule has 0 unspecified atom stereocenters. The minimum Gasteiger partial charge on any atom is -0.497 e. The van der Waals surface area contributed by atoms with Crippen LogP contribution in [-0.2, 0) is 20.9 Å². The Morgan fingerprint density at radius 2 is 1.87 bits per heavy atom. The Kier molecular flexibility index (Phi) is 5.62. The molecule has 0 N–H and O–H groups in total. The van der Waals surface area contributed by atoms with E-state index in [2.05, 4.69) is 10.1 Å². The van der Waals surface area contributed by atoms with Crippen molar-refractivity contribution in [3.05, 3.63) is 30.1 Å². The van der Waals surface area contributed by atoms with Crippen LogP contribution in [0.1, 0.15) is 37.9 Å². The molecule has 1 aliphatic carbocycles. The van der Waals surface area contributed by atoms with E-state index in [4.69, 9.17) is 14.0 Å². The summed E-state index contributed by atoms with van der Waals surface area (Å²) in [6.07, 6.45) is 4.06. The maximum atomic E-state index is 12.9. The van der Waals surface area contributed by atoms with E-state index in [-0.39, 0.29) is 24.2 Å². The third-order valence-electron chi connectivity index (χ3n) is 5.94. The summed E-state index contributed by atoms with van der Waals surface area (Å²) in [5.41, 5.74) is -0.128. The van der Waals surface area contributed by atoms with Crippen LogP contribution < -0.4 is 4.74 Å². The van der Waals surface area contributed by atoms with Crippen LogP contribution in [0.2, 0.25) is 0 Å². The molecule has 0 bridgehead atoms. The molecule has 4 rings (SSSR count). The predicted octanol–water partition coefficient (Wildman–Crippen LogP) is 2.39. The van der Waals surface area contributed by atoms with Gasteiger partial charge in [0.15, 0.2) is 6.61 Å². The molecule has 2 fully saturated rings. The molecule has 10 nitrogen and oxygen atoms in total. The van der Waals surface area contributed by atoms with E-state index < -0.39 is 24.1 Å². The number of nitrogens with zero attached hydrogens (tertiary/aromatic N) is 4. The fraction of sp³-hybridized carbons (Fsp3) is 0.476. The molecule has 1 aromatic heterocycles. The molecule has 1 aromatic carbocycles. The monoisotopic (exact) mass is 428 g/mol. The van der Waals surface area contributed by atoms with Gasteiger partial charge in [-0.25, -0.2) is 4.79 Å². The lowest BCUT2D eigenvalue weighted by Gasteiger charge is -2.35. The molecular formula is C21H24N4O6. The van der Waals surface area contributed by atoms with Crippen LogP contribution in [0.5, 0.6) is 5.75 Å². The maximum absolute atomic E-state index is 12.9. The van der Waals surface area contributed by atoms with Crippen LogP contribution in [-0.4, -0.2) is 64.1 Å². The average molecular weight is 428 g/mol. The average Bonchev–Trinajstić information content (AvgIpc) is 3.34. The lowest BCUT2D eigenvalue weighted by molar-refractivity contribution is -0.149. The summed E-state index contributed by atoms with van der Waals surface area (Å²) in [5, 5.41) is 3.80. The van der Waals surface area contributed by atoms with E-state index in [0.717, 1.165) is 24.2 Å². The zero-order valence-corrected chi connectivity index (χ0v) is 17.5. The van der Waals surface area contributed by atoms with E-state index in [0.29, 0.717) is 24.2 Å². The normalized spacial score (nSPS) is 18.0.